The van der Waals surface area contributed by atoms with Gasteiger partial charge >= 0.3 is 5.97 Å². The van der Waals surface area contributed by atoms with E-state index in [0.29, 0.717) is 10.6 Å². The van der Waals surface area contributed by atoms with Gasteiger partial charge in [-0.25, -0.2) is 0 Å². The monoisotopic (exact) mass is 347 g/mol. The first-order valence-electron chi connectivity index (χ1n) is 6.67. The van der Waals surface area contributed by atoms with E-state index >= 15 is 0 Å². The highest BCUT2D eigenvalue weighted by Gasteiger charge is 2.31. The quantitative estimate of drug-likeness (QED) is 0.803. The summed E-state index contributed by atoms with van der Waals surface area (Å²) >= 11 is 11.8. The van der Waals surface area contributed by atoms with Gasteiger partial charge in [0, 0.05) is 12.1 Å². The van der Waals surface area contributed by atoms with Crippen molar-refractivity contribution in [3.05, 3.63) is 33.8 Å². The molecule has 0 radical (unpaired) electrons. The number of aliphatic hydroxyl groups excluding tert-OH is 1. The smallest absolute Gasteiger partial charge is 0.307 e. The molecule has 1 aromatic carbocycles. The van der Waals surface area contributed by atoms with Crippen molar-refractivity contribution in [3.63, 3.8) is 0 Å². The summed E-state index contributed by atoms with van der Waals surface area (Å²) in [6.45, 7) is 3.29. The van der Waals surface area contributed by atoms with E-state index in [2.05, 4.69) is 4.74 Å². The summed E-state index contributed by atoms with van der Waals surface area (Å²) in [7, 11) is 1.28. The Morgan fingerprint density at radius 1 is 1.27 bits per heavy atom. The molecule has 5 nitrogen and oxygen atoms in total. The van der Waals surface area contributed by atoms with E-state index in [9.17, 15) is 14.7 Å². The lowest BCUT2D eigenvalue weighted by Crippen LogP contribution is -2.51. The van der Waals surface area contributed by atoms with Gasteiger partial charge in [0.2, 0.25) is 0 Å². The molecule has 0 spiro atoms. The second-order valence-electron chi connectivity index (χ2n) is 5.38. The van der Waals surface area contributed by atoms with E-state index in [1.165, 1.54) is 24.1 Å². The second-order valence-corrected chi connectivity index (χ2v) is 6.20. The molecular weight excluding hydrogens is 329 g/mol. The number of esters is 1. The van der Waals surface area contributed by atoms with Gasteiger partial charge in [0.05, 0.1) is 35.7 Å². The largest absolute Gasteiger partial charge is 0.469 e. The first-order chi connectivity index (χ1) is 10.2. The number of ether oxygens (including phenoxy) is 1. The zero-order valence-corrected chi connectivity index (χ0v) is 14.2. The summed E-state index contributed by atoms with van der Waals surface area (Å²) in [4.78, 5) is 25.4. The maximum Gasteiger partial charge on any atom is 0.307 e. The van der Waals surface area contributed by atoms with E-state index < -0.39 is 11.5 Å². The van der Waals surface area contributed by atoms with Gasteiger partial charge in [-0.05, 0) is 32.0 Å². The molecule has 1 rings (SSSR count). The lowest BCUT2D eigenvalue weighted by atomic mass is 10.0. The maximum absolute atomic E-state index is 12.7. The van der Waals surface area contributed by atoms with Crippen molar-refractivity contribution in [2.75, 3.05) is 20.3 Å². The van der Waals surface area contributed by atoms with Gasteiger partial charge in [-0.15, -0.1) is 0 Å². The Balaban J connectivity index is 3.06. The summed E-state index contributed by atoms with van der Waals surface area (Å²) < 4.78 is 4.59. The summed E-state index contributed by atoms with van der Waals surface area (Å²) in [5.41, 5.74) is -0.502. The van der Waals surface area contributed by atoms with Crippen LogP contribution in [0.15, 0.2) is 18.2 Å². The number of amides is 1. The van der Waals surface area contributed by atoms with Crippen molar-refractivity contribution in [1.82, 2.24) is 4.90 Å². The predicted octanol–water partition coefficient (Wildman–Crippen LogP) is 2.77. The highest BCUT2D eigenvalue weighted by Crippen LogP contribution is 2.25. The van der Waals surface area contributed by atoms with Crippen molar-refractivity contribution in [2.45, 2.75) is 25.8 Å². The maximum atomic E-state index is 12.7. The van der Waals surface area contributed by atoms with E-state index in [1.54, 1.807) is 19.9 Å². The molecular formula is C15H19Cl2NO4. The molecule has 0 fully saturated rings. The van der Waals surface area contributed by atoms with Crippen LogP contribution in [-0.2, 0) is 9.53 Å². The third kappa shape index (κ3) is 4.60. The van der Waals surface area contributed by atoms with Crippen molar-refractivity contribution in [1.29, 1.82) is 0 Å². The Labute approximate surface area is 139 Å². The molecule has 1 aromatic rings. The van der Waals surface area contributed by atoms with Gasteiger partial charge in [-0.3, -0.25) is 9.59 Å². The average Bonchev–Trinajstić information content (AvgIpc) is 2.49. The lowest BCUT2D eigenvalue weighted by molar-refractivity contribution is -0.141. The molecule has 7 heteroatoms. The van der Waals surface area contributed by atoms with Crippen LogP contribution in [0.1, 0.15) is 30.6 Å². The molecule has 0 bridgehead atoms. The van der Waals surface area contributed by atoms with Crippen molar-refractivity contribution in [2.24, 2.45) is 0 Å². The minimum atomic E-state index is -0.836. The molecule has 22 heavy (non-hydrogen) atoms. The number of rotatable bonds is 6. The zero-order valence-electron chi connectivity index (χ0n) is 12.7. The lowest BCUT2D eigenvalue weighted by Gasteiger charge is -2.37. The molecule has 0 aliphatic rings. The number of benzene rings is 1. The van der Waals surface area contributed by atoms with E-state index in [0.717, 1.165) is 0 Å². The molecule has 0 saturated heterocycles. The number of hydrogen-bond acceptors (Lipinski definition) is 4. The molecule has 0 atom stereocenters. The van der Waals surface area contributed by atoms with E-state index in [4.69, 9.17) is 23.2 Å². The Morgan fingerprint density at radius 3 is 2.41 bits per heavy atom. The van der Waals surface area contributed by atoms with Crippen LogP contribution in [0.3, 0.4) is 0 Å². The van der Waals surface area contributed by atoms with Crippen LogP contribution in [0, 0.1) is 0 Å². The summed E-state index contributed by atoms with van der Waals surface area (Å²) in [5.74, 6) is -0.776. The van der Waals surface area contributed by atoms with Gasteiger partial charge in [-0.2, -0.15) is 0 Å². The molecule has 0 heterocycles. The number of nitrogens with zero attached hydrogens (tertiary/aromatic N) is 1. The Bertz CT molecular complexity index is 560. The number of methoxy groups -OCH3 is 1. The van der Waals surface area contributed by atoms with Crippen LogP contribution in [0.4, 0.5) is 0 Å². The molecule has 0 aliphatic heterocycles. The van der Waals surface area contributed by atoms with Crippen LogP contribution in [-0.4, -0.2) is 47.7 Å². The van der Waals surface area contributed by atoms with Gasteiger partial charge in [-0.1, -0.05) is 23.2 Å². The van der Waals surface area contributed by atoms with Crippen LogP contribution in [0.5, 0.6) is 0 Å². The van der Waals surface area contributed by atoms with Crippen LogP contribution >= 0.6 is 23.2 Å². The molecule has 0 aliphatic carbocycles. The zero-order chi connectivity index (χ0) is 16.9. The number of carbonyl (C=O) groups excluding carboxylic acids is 2. The summed E-state index contributed by atoms with van der Waals surface area (Å²) in [6, 6.07) is 4.54. The third-order valence-electron chi connectivity index (χ3n) is 3.30. The number of hydrogen-bond donors (Lipinski definition) is 1. The van der Waals surface area contributed by atoms with Crippen LogP contribution < -0.4 is 0 Å². The fraction of sp³-hybridized carbons (Fsp3) is 0.467. The average molecular weight is 348 g/mol. The van der Waals surface area contributed by atoms with Gasteiger partial charge in [0.1, 0.15) is 0 Å². The fourth-order valence-electron chi connectivity index (χ4n) is 1.85. The number of aliphatic hydroxyl groups is 1. The fourth-order valence-corrected chi connectivity index (χ4v) is 2.15. The molecule has 0 saturated carbocycles. The normalized spacial score (nSPS) is 11.2. The number of carbonyl (C=O) groups is 2. The SMILES string of the molecule is COC(=O)CCN(C(=O)c1ccc(Cl)c(Cl)c1)C(C)(C)CO. The molecule has 122 valence electrons. The molecule has 0 aromatic heterocycles. The van der Waals surface area contributed by atoms with Gasteiger partial charge < -0.3 is 14.7 Å². The topological polar surface area (TPSA) is 66.8 Å². The Morgan fingerprint density at radius 2 is 1.91 bits per heavy atom. The molecule has 1 N–H and O–H groups in total. The third-order valence-corrected chi connectivity index (χ3v) is 4.04. The molecule has 0 unspecified atom stereocenters. The highest BCUT2D eigenvalue weighted by atomic mass is 35.5. The van der Waals surface area contributed by atoms with Crippen molar-refractivity contribution in [3.8, 4) is 0 Å². The van der Waals surface area contributed by atoms with Gasteiger partial charge in [0.15, 0.2) is 0 Å². The minimum Gasteiger partial charge on any atom is -0.469 e. The minimum absolute atomic E-state index is 0.0347. The Hall–Kier alpha value is -1.30. The summed E-state index contributed by atoms with van der Waals surface area (Å²) in [5, 5.41) is 10.1. The standard InChI is InChI=1S/C15H19Cl2NO4/c1-15(2,9-19)18(7-6-13(20)22-3)14(21)10-4-5-11(16)12(17)8-10/h4-5,8,19H,6-7,9H2,1-3H3. The first kappa shape index (κ1) is 18.7. The first-order valence-corrected chi connectivity index (χ1v) is 7.43. The van der Waals surface area contributed by atoms with E-state index in [-0.39, 0.29) is 30.5 Å². The van der Waals surface area contributed by atoms with Crippen molar-refractivity contribution >= 4 is 35.1 Å². The predicted molar refractivity (Wildman–Crippen MR) is 85.3 cm³/mol. The van der Waals surface area contributed by atoms with Crippen LogP contribution in [0.2, 0.25) is 10.0 Å². The Kier molecular flexibility index (Phi) is 6.66. The van der Waals surface area contributed by atoms with Crippen LogP contribution in [0.25, 0.3) is 0 Å². The van der Waals surface area contributed by atoms with E-state index in [1.807, 2.05) is 0 Å². The summed E-state index contributed by atoms with van der Waals surface area (Å²) in [6.07, 6.45) is 0.0347. The molecule has 1 amide bonds. The number of halogens is 2. The van der Waals surface area contributed by atoms with Crippen molar-refractivity contribution < 1.29 is 19.4 Å². The van der Waals surface area contributed by atoms with Gasteiger partial charge in [0.25, 0.3) is 5.91 Å². The highest BCUT2D eigenvalue weighted by molar-refractivity contribution is 6.42. The second kappa shape index (κ2) is 7.81.